The van der Waals surface area contributed by atoms with E-state index in [1.807, 2.05) is 33.3 Å². The van der Waals surface area contributed by atoms with Crippen LogP contribution in [0.15, 0.2) is 9.98 Å². The molecule has 170 valence electrons. The lowest BCUT2D eigenvalue weighted by atomic mass is 9.77. The zero-order valence-corrected chi connectivity index (χ0v) is 22.0. The van der Waals surface area contributed by atoms with Crippen molar-refractivity contribution in [2.45, 2.75) is 70.3 Å². The van der Waals surface area contributed by atoms with Crippen molar-refractivity contribution in [3.8, 4) is 0 Å². The molecule has 1 aliphatic rings. The van der Waals surface area contributed by atoms with Gasteiger partial charge in [-0.1, -0.05) is 49.3 Å². The van der Waals surface area contributed by atoms with Crippen molar-refractivity contribution in [2.75, 3.05) is 36.1 Å². The van der Waals surface area contributed by atoms with E-state index in [9.17, 15) is 0 Å². The second kappa shape index (κ2) is 17.0. The lowest BCUT2D eigenvalue weighted by Gasteiger charge is -2.39. The third-order valence-corrected chi connectivity index (χ3v) is 9.92. The molecular formula is C21H42N4S4. The van der Waals surface area contributed by atoms with Crippen LogP contribution in [0.4, 0.5) is 0 Å². The van der Waals surface area contributed by atoms with Gasteiger partial charge < -0.3 is 11.5 Å². The summed E-state index contributed by atoms with van der Waals surface area (Å²) in [6.45, 7) is 10.9. The molecule has 4 N–H and O–H groups in total. The summed E-state index contributed by atoms with van der Waals surface area (Å²) in [5, 5.41) is 1.56. The highest BCUT2D eigenvalue weighted by molar-refractivity contribution is 8.76. The average Bonchev–Trinajstić information content (AvgIpc) is 2.62. The maximum absolute atomic E-state index is 6.05. The van der Waals surface area contributed by atoms with Crippen LogP contribution in [0.25, 0.3) is 0 Å². The van der Waals surface area contributed by atoms with Crippen LogP contribution in [0.2, 0.25) is 0 Å². The van der Waals surface area contributed by atoms with Crippen molar-refractivity contribution in [3.63, 3.8) is 0 Å². The molecule has 0 heterocycles. The minimum Gasteiger partial charge on any atom is -0.387 e. The molecule has 0 aromatic carbocycles. The lowest BCUT2D eigenvalue weighted by Crippen LogP contribution is -2.33. The van der Waals surface area contributed by atoms with Crippen LogP contribution in [0, 0.1) is 11.8 Å². The smallest absolute Gasteiger partial charge is 0.0946 e. The highest BCUT2D eigenvalue weighted by Gasteiger charge is 2.32. The Morgan fingerprint density at radius 2 is 1.48 bits per heavy atom. The molecular weight excluding hydrogens is 437 g/mol. The van der Waals surface area contributed by atoms with E-state index in [1.54, 1.807) is 0 Å². The standard InChI is InChI=1S/C21H42N4S4/c1-16(2)18-6-7-19(18)27-15-11-25-21(23)9-14-29-28-13-8-20(22)24-10-5-12-26-17(3)4/h16-19H,5-15H2,1-4H3,(H2,22,24)(H2,23,25). The van der Waals surface area contributed by atoms with Crippen LogP contribution in [0.1, 0.15) is 59.8 Å². The van der Waals surface area contributed by atoms with Gasteiger partial charge in [0.25, 0.3) is 0 Å². The van der Waals surface area contributed by atoms with Crippen molar-refractivity contribution in [2.24, 2.45) is 33.3 Å². The topological polar surface area (TPSA) is 76.8 Å². The predicted octanol–water partition coefficient (Wildman–Crippen LogP) is 5.56. The first-order valence-corrected chi connectivity index (χ1v) is 15.5. The van der Waals surface area contributed by atoms with Crippen molar-refractivity contribution in [3.05, 3.63) is 0 Å². The van der Waals surface area contributed by atoms with Crippen LogP contribution in [0.5, 0.6) is 0 Å². The molecule has 29 heavy (non-hydrogen) atoms. The largest absolute Gasteiger partial charge is 0.387 e. The highest BCUT2D eigenvalue weighted by Crippen LogP contribution is 2.41. The minimum absolute atomic E-state index is 0.701. The Labute approximate surface area is 195 Å². The molecule has 4 nitrogen and oxygen atoms in total. The molecule has 0 amide bonds. The van der Waals surface area contributed by atoms with Crippen LogP contribution >= 0.6 is 45.1 Å². The van der Waals surface area contributed by atoms with Crippen LogP contribution in [-0.4, -0.2) is 58.3 Å². The number of thioether (sulfide) groups is 2. The fourth-order valence-corrected chi connectivity index (χ4v) is 7.33. The Hall–Kier alpha value is 0.340. The number of rotatable bonds is 17. The normalized spacial score (nSPS) is 20.5. The molecule has 0 aliphatic heterocycles. The summed E-state index contributed by atoms with van der Waals surface area (Å²) >= 11 is 4.08. The molecule has 0 spiro atoms. The zero-order valence-electron chi connectivity index (χ0n) is 18.8. The van der Waals surface area contributed by atoms with E-state index < -0.39 is 0 Å². The summed E-state index contributed by atoms with van der Waals surface area (Å²) < 4.78 is 0. The molecule has 1 saturated carbocycles. The second-order valence-electron chi connectivity index (χ2n) is 8.06. The van der Waals surface area contributed by atoms with E-state index in [1.165, 1.54) is 18.6 Å². The van der Waals surface area contributed by atoms with Gasteiger partial charge >= 0.3 is 0 Å². The van der Waals surface area contributed by atoms with E-state index >= 15 is 0 Å². The van der Waals surface area contributed by atoms with E-state index in [4.69, 9.17) is 11.5 Å². The molecule has 8 heteroatoms. The van der Waals surface area contributed by atoms with Gasteiger partial charge in [0.05, 0.1) is 11.7 Å². The minimum atomic E-state index is 0.701. The Bertz CT molecular complexity index is 483. The van der Waals surface area contributed by atoms with Crippen LogP contribution < -0.4 is 11.5 Å². The predicted molar refractivity (Wildman–Crippen MR) is 143 cm³/mol. The van der Waals surface area contributed by atoms with Crippen molar-refractivity contribution in [1.82, 2.24) is 0 Å². The number of hydrogen-bond acceptors (Lipinski definition) is 6. The quantitative estimate of drug-likeness (QED) is 0.123. The van der Waals surface area contributed by atoms with Gasteiger partial charge in [0.2, 0.25) is 0 Å². The fraction of sp³-hybridized carbons (Fsp3) is 0.905. The van der Waals surface area contributed by atoms with Gasteiger partial charge in [-0.2, -0.15) is 23.5 Å². The number of nitrogens with two attached hydrogens (primary N) is 2. The third-order valence-electron chi connectivity index (χ3n) is 4.89. The summed E-state index contributed by atoms with van der Waals surface area (Å²) in [5.41, 5.74) is 12.0. The zero-order chi connectivity index (χ0) is 21.5. The van der Waals surface area contributed by atoms with Gasteiger partial charge in [-0.3, -0.25) is 9.98 Å². The van der Waals surface area contributed by atoms with E-state index in [0.717, 1.165) is 78.4 Å². The van der Waals surface area contributed by atoms with E-state index in [-0.39, 0.29) is 0 Å². The van der Waals surface area contributed by atoms with Gasteiger partial charge in [-0.25, -0.2) is 0 Å². The van der Waals surface area contributed by atoms with Gasteiger partial charge in [0, 0.05) is 48.4 Å². The molecule has 1 rings (SSSR count). The summed E-state index contributed by atoms with van der Waals surface area (Å²) in [7, 11) is 3.71. The van der Waals surface area contributed by atoms with Crippen molar-refractivity contribution in [1.29, 1.82) is 0 Å². The first kappa shape index (κ1) is 27.4. The summed E-state index contributed by atoms with van der Waals surface area (Å²) in [6.07, 6.45) is 5.64. The summed E-state index contributed by atoms with van der Waals surface area (Å²) in [4.78, 5) is 9.00. The summed E-state index contributed by atoms with van der Waals surface area (Å²) in [6, 6.07) is 0. The molecule has 0 radical (unpaired) electrons. The monoisotopic (exact) mass is 478 g/mol. The van der Waals surface area contributed by atoms with E-state index in [0.29, 0.717) is 5.25 Å². The van der Waals surface area contributed by atoms with Gasteiger partial charge in [-0.15, -0.1) is 0 Å². The Balaban J connectivity index is 1.95. The van der Waals surface area contributed by atoms with Gasteiger partial charge in [0.1, 0.15) is 0 Å². The highest BCUT2D eigenvalue weighted by atomic mass is 33.1. The van der Waals surface area contributed by atoms with Crippen molar-refractivity contribution < 1.29 is 0 Å². The Kier molecular flexibility index (Phi) is 16.0. The number of amidine groups is 2. The van der Waals surface area contributed by atoms with Crippen LogP contribution in [-0.2, 0) is 0 Å². The first-order valence-electron chi connectivity index (χ1n) is 10.9. The molecule has 0 aromatic rings. The molecule has 2 unspecified atom stereocenters. The SMILES string of the molecule is CC(C)SCCCN=C(N)CCSSCCC(N)=NCCSC1CCC1C(C)C. The van der Waals surface area contributed by atoms with Crippen molar-refractivity contribution >= 4 is 56.8 Å². The van der Waals surface area contributed by atoms with E-state index in [2.05, 4.69) is 49.4 Å². The number of nitrogens with zero attached hydrogens (tertiary/aromatic N) is 2. The lowest BCUT2D eigenvalue weighted by molar-refractivity contribution is 0.248. The summed E-state index contributed by atoms with van der Waals surface area (Å²) in [5.74, 6) is 7.61. The Morgan fingerprint density at radius 3 is 2.00 bits per heavy atom. The number of hydrogen-bond donors (Lipinski definition) is 2. The number of aliphatic imine (C=N–C) groups is 2. The first-order chi connectivity index (χ1) is 13.9. The molecule has 0 aromatic heterocycles. The molecule has 1 aliphatic carbocycles. The maximum Gasteiger partial charge on any atom is 0.0946 e. The molecule has 1 fully saturated rings. The second-order valence-corrected chi connectivity index (χ2v) is 13.8. The fourth-order valence-electron chi connectivity index (χ4n) is 3.03. The maximum atomic E-state index is 6.05. The average molecular weight is 479 g/mol. The van der Waals surface area contributed by atoms with Gasteiger partial charge in [-0.05, 0) is 42.1 Å². The molecule has 0 saturated heterocycles. The molecule has 0 bridgehead atoms. The third kappa shape index (κ3) is 14.1. The molecule has 2 atom stereocenters. The Morgan fingerprint density at radius 1 is 0.862 bits per heavy atom. The van der Waals surface area contributed by atoms with Crippen LogP contribution in [0.3, 0.4) is 0 Å². The van der Waals surface area contributed by atoms with Gasteiger partial charge in [0.15, 0.2) is 0 Å².